The number of sulfone groups is 1. The van der Waals surface area contributed by atoms with E-state index in [2.05, 4.69) is 32.7 Å². The summed E-state index contributed by atoms with van der Waals surface area (Å²) in [6.07, 6.45) is 0. The summed E-state index contributed by atoms with van der Waals surface area (Å²) in [5.74, 6) is 1.66. The predicted octanol–water partition coefficient (Wildman–Crippen LogP) is 0.668. The SMILES string of the molecule is CCS(=O)(=O)CCNC(=NC)NCC(c1ccc(OC)cc1)N1CCOCC1. The Morgan fingerprint density at radius 2 is 1.93 bits per heavy atom. The molecular formula is C19H32N4O4S. The van der Waals surface area contributed by atoms with Crippen molar-refractivity contribution in [3.8, 4) is 5.75 Å². The average molecular weight is 413 g/mol. The fourth-order valence-electron chi connectivity index (χ4n) is 3.06. The standard InChI is InChI=1S/C19H32N4O4S/c1-4-28(24,25)14-9-21-19(20-2)22-15-18(23-10-12-27-13-11-23)16-5-7-17(26-3)8-6-16/h5-8,18H,4,9-15H2,1-3H3,(H2,20,21,22). The normalized spacial score (nSPS) is 17.2. The number of benzene rings is 1. The molecule has 9 heteroatoms. The Labute approximate surface area is 168 Å². The molecule has 1 saturated heterocycles. The highest BCUT2D eigenvalue weighted by Gasteiger charge is 2.23. The van der Waals surface area contributed by atoms with Gasteiger partial charge in [-0.05, 0) is 17.7 Å². The highest BCUT2D eigenvalue weighted by Crippen LogP contribution is 2.23. The molecule has 1 aliphatic heterocycles. The van der Waals surface area contributed by atoms with Crippen LogP contribution in [0.3, 0.4) is 0 Å². The van der Waals surface area contributed by atoms with Crippen LogP contribution in [0, 0.1) is 0 Å². The van der Waals surface area contributed by atoms with Gasteiger partial charge in [-0.3, -0.25) is 9.89 Å². The number of aliphatic imine (C=N–C) groups is 1. The zero-order chi connectivity index (χ0) is 20.4. The molecule has 1 aliphatic rings. The quantitative estimate of drug-likeness (QED) is 0.455. The van der Waals surface area contributed by atoms with Crippen molar-refractivity contribution in [2.75, 3.05) is 65.1 Å². The van der Waals surface area contributed by atoms with Crippen molar-refractivity contribution in [2.24, 2.45) is 4.99 Å². The van der Waals surface area contributed by atoms with Gasteiger partial charge in [0.05, 0.1) is 32.1 Å². The number of methoxy groups -OCH3 is 1. The summed E-state index contributed by atoms with van der Waals surface area (Å²) in [6.45, 7) is 5.79. The van der Waals surface area contributed by atoms with Gasteiger partial charge in [-0.25, -0.2) is 8.42 Å². The molecule has 1 aromatic carbocycles. The molecule has 2 rings (SSSR count). The topological polar surface area (TPSA) is 92.3 Å². The molecule has 1 heterocycles. The third-order valence-electron chi connectivity index (χ3n) is 4.82. The third-order valence-corrected chi connectivity index (χ3v) is 6.52. The number of ether oxygens (including phenoxy) is 2. The summed E-state index contributed by atoms with van der Waals surface area (Å²) in [6, 6.07) is 8.22. The van der Waals surface area contributed by atoms with Gasteiger partial charge in [0.15, 0.2) is 15.8 Å². The van der Waals surface area contributed by atoms with Gasteiger partial charge in [-0.15, -0.1) is 0 Å². The highest BCUT2D eigenvalue weighted by atomic mass is 32.2. The molecule has 28 heavy (non-hydrogen) atoms. The van der Waals surface area contributed by atoms with E-state index in [-0.39, 0.29) is 17.5 Å². The zero-order valence-corrected chi connectivity index (χ0v) is 17.8. The maximum atomic E-state index is 11.7. The van der Waals surface area contributed by atoms with Crippen molar-refractivity contribution in [1.82, 2.24) is 15.5 Å². The molecule has 0 amide bonds. The number of guanidine groups is 1. The van der Waals surface area contributed by atoms with Gasteiger partial charge in [-0.2, -0.15) is 0 Å². The Morgan fingerprint density at radius 3 is 2.50 bits per heavy atom. The molecule has 1 unspecified atom stereocenters. The third kappa shape index (κ3) is 6.96. The molecule has 0 spiro atoms. The minimum absolute atomic E-state index is 0.0928. The lowest BCUT2D eigenvalue weighted by molar-refractivity contribution is 0.0170. The lowest BCUT2D eigenvalue weighted by Gasteiger charge is -2.35. The van der Waals surface area contributed by atoms with E-state index in [9.17, 15) is 8.42 Å². The lowest BCUT2D eigenvalue weighted by Crippen LogP contribution is -2.46. The molecule has 0 bridgehead atoms. The molecule has 1 aromatic rings. The first-order valence-corrected chi connectivity index (χ1v) is 11.4. The van der Waals surface area contributed by atoms with Crippen molar-refractivity contribution in [3.05, 3.63) is 29.8 Å². The van der Waals surface area contributed by atoms with Crippen molar-refractivity contribution >= 4 is 15.8 Å². The Bertz CT molecular complexity index is 716. The van der Waals surface area contributed by atoms with Crippen LogP contribution in [-0.2, 0) is 14.6 Å². The second-order valence-electron chi connectivity index (χ2n) is 6.55. The van der Waals surface area contributed by atoms with E-state index in [1.807, 2.05) is 12.1 Å². The molecule has 2 N–H and O–H groups in total. The molecule has 0 radical (unpaired) electrons. The largest absolute Gasteiger partial charge is 0.497 e. The first-order valence-electron chi connectivity index (χ1n) is 9.59. The van der Waals surface area contributed by atoms with Crippen molar-refractivity contribution < 1.29 is 17.9 Å². The van der Waals surface area contributed by atoms with Crippen molar-refractivity contribution in [2.45, 2.75) is 13.0 Å². The van der Waals surface area contributed by atoms with Crippen LogP contribution >= 0.6 is 0 Å². The summed E-state index contributed by atoms with van der Waals surface area (Å²) in [4.78, 5) is 6.59. The van der Waals surface area contributed by atoms with Crippen molar-refractivity contribution in [1.29, 1.82) is 0 Å². The minimum atomic E-state index is -3.00. The molecule has 1 fully saturated rings. The molecule has 0 saturated carbocycles. The Hall–Kier alpha value is -1.84. The first kappa shape index (κ1) is 22.4. The van der Waals surface area contributed by atoms with E-state index in [1.54, 1.807) is 21.1 Å². The van der Waals surface area contributed by atoms with Gasteiger partial charge in [0.1, 0.15) is 5.75 Å². The van der Waals surface area contributed by atoms with Gasteiger partial charge in [0, 0.05) is 39.0 Å². The summed E-state index contributed by atoms with van der Waals surface area (Å²) in [7, 11) is 0.338. The van der Waals surface area contributed by atoms with E-state index >= 15 is 0 Å². The molecule has 1 atom stereocenters. The lowest BCUT2D eigenvalue weighted by atomic mass is 10.0. The molecule has 8 nitrogen and oxygen atoms in total. The predicted molar refractivity (Wildman–Crippen MR) is 112 cm³/mol. The molecule has 0 aliphatic carbocycles. The van der Waals surface area contributed by atoms with Gasteiger partial charge in [-0.1, -0.05) is 19.1 Å². The van der Waals surface area contributed by atoms with Crippen molar-refractivity contribution in [3.63, 3.8) is 0 Å². The monoisotopic (exact) mass is 412 g/mol. The van der Waals surface area contributed by atoms with Gasteiger partial charge in [0.2, 0.25) is 0 Å². The summed E-state index contributed by atoms with van der Waals surface area (Å²) < 4.78 is 34.1. The van der Waals surface area contributed by atoms with E-state index in [0.29, 0.717) is 32.3 Å². The molecule has 0 aromatic heterocycles. The fraction of sp³-hybridized carbons (Fsp3) is 0.632. The second kappa shape index (κ2) is 11.2. The van der Waals surface area contributed by atoms with E-state index in [0.717, 1.165) is 18.8 Å². The van der Waals surface area contributed by atoms with Crippen LogP contribution in [0.15, 0.2) is 29.3 Å². The first-order chi connectivity index (χ1) is 13.5. The number of morpholine rings is 1. The number of hydrogen-bond donors (Lipinski definition) is 2. The number of rotatable bonds is 9. The maximum Gasteiger partial charge on any atom is 0.191 e. The number of hydrogen-bond acceptors (Lipinski definition) is 6. The maximum absolute atomic E-state index is 11.7. The van der Waals surface area contributed by atoms with E-state index in [1.165, 1.54) is 5.56 Å². The zero-order valence-electron chi connectivity index (χ0n) is 17.0. The summed E-state index contributed by atoms with van der Waals surface area (Å²) in [5.41, 5.74) is 1.18. The van der Waals surface area contributed by atoms with E-state index in [4.69, 9.17) is 9.47 Å². The van der Waals surface area contributed by atoms with E-state index < -0.39 is 9.84 Å². The number of nitrogens with one attached hydrogen (secondary N) is 2. The molecular weight excluding hydrogens is 380 g/mol. The minimum Gasteiger partial charge on any atom is -0.497 e. The van der Waals surface area contributed by atoms with Crippen LogP contribution < -0.4 is 15.4 Å². The van der Waals surface area contributed by atoms with Gasteiger partial charge >= 0.3 is 0 Å². The Balaban J connectivity index is 2.00. The number of nitrogens with zero attached hydrogens (tertiary/aromatic N) is 2. The van der Waals surface area contributed by atoms with Crippen LogP contribution in [0.1, 0.15) is 18.5 Å². The van der Waals surface area contributed by atoms with Crippen LogP contribution in [0.4, 0.5) is 0 Å². The van der Waals surface area contributed by atoms with Gasteiger partial charge in [0.25, 0.3) is 0 Å². The van der Waals surface area contributed by atoms with Crippen LogP contribution in [0.5, 0.6) is 5.75 Å². The fourth-order valence-corrected chi connectivity index (χ4v) is 3.76. The summed E-state index contributed by atoms with van der Waals surface area (Å²) in [5, 5.41) is 6.41. The highest BCUT2D eigenvalue weighted by molar-refractivity contribution is 7.91. The van der Waals surface area contributed by atoms with Crippen LogP contribution in [0.2, 0.25) is 0 Å². The molecule has 158 valence electrons. The van der Waals surface area contributed by atoms with Crippen LogP contribution in [0.25, 0.3) is 0 Å². The Kier molecular flexibility index (Phi) is 9.01. The smallest absolute Gasteiger partial charge is 0.191 e. The Morgan fingerprint density at radius 1 is 1.25 bits per heavy atom. The summed E-state index contributed by atoms with van der Waals surface area (Å²) >= 11 is 0. The average Bonchev–Trinajstić information content (AvgIpc) is 2.73. The van der Waals surface area contributed by atoms with Gasteiger partial charge < -0.3 is 20.1 Å². The van der Waals surface area contributed by atoms with Crippen LogP contribution in [-0.4, -0.2) is 84.3 Å². The second-order valence-corrected chi connectivity index (χ2v) is 9.03.